The van der Waals surface area contributed by atoms with E-state index in [1.54, 1.807) is 4.90 Å². The molecule has 1 saturated carbocycles. The molecule has 2 bridgehead atoms. The third kappa shape index (κ3) is 3.22. The molecule has 5 nitrogen and oxygen atoms in total. The van der Waals surface area contributed by atoms with Crippen molar-refractivity contribution in [2.75, 3.05) is 25.1 Å². The van der Waals surface area contributed by atoms with Crippen molar-refractivity contribution in [1.82, 2.24) is 9.97 Å². The van der Waals surface area contributed by atoms with Gasteiger partial charge in [0.25, 0.3) is 0 Å². The Morgan fingerprint density at radius 3 is 2.61 bits per heavy atom. The molecule has 1 aliphatic carbocycles. The van der Waals surface area contributed by atoms with Crippen LogP contribution >= 0.6 is 11.6 Å². The molecule has 0 spiro atoms. The summed E-state index contributed by atoms with van der Waals surface area (Å²) in [5, 5.41) is -0.416. The highest BCUT2D eigenvalue weighted by atomic mass is 35.5. The molecule has 0 amide bonds. The Balaban J connectivity index is 1.74. The van der Waals surface area contributed by atoms with Crippen molar-refractivity contribution < 1.29 is 22.7 Å². The minimum atomic E-state index is -4.56. The summed E-state index contributed by atoms with van der Waals surface area (Å²) in [6.07, 6.45) is -3.23. The summed E-state index contributed by atoms with van der Waals surface area (Å²) in [5.74, 6) is 0.691. The van der Waals surface area contributed by atoms with E-state index in [4.69, 9.17) is 11.6 Å². The van der Waals surface area contributed by atoms with Crippen molar-refractivity contribution >= 4 is 23.4 Å². The molecule has 0 N–H and O–H groups in total. The normalized spacial score (nSPS) is 26.7. The summed E-state index contributed by atoms with van der Waals surface area (Å²) >= 11 is 5.63. The van der Waals surface area contributed by atoms with Gasteiger partial charge in [0.15, 0.2) is 5.69 Å². The molecule has 1 aromatic rings. The molecule has 3 heterocycles. The molecule has 23 heavy (non-hydrogen) atoms. The molecule has 126 valence electrons. The highest BCUT2D eigenvalue weighted by molar-refractivity contribution is 6.28. The van der Waals surface area contributed by atoms with Gasteiger partial charge in [0.2, 0.25) is 5.28 Å². The number of piperidine rings is 2. The topological polar surface area (TPSA) is 55.3 Å². The van der Waals surface area contributed by atoms with E-state index in [1.807, 2.05) is 0 Å². The number of rotatable bonds is 3. The van der Waals surface area contributed by atoms with Crippen LogP contribution in [-0.4, -0.2) is 36.1 Å². The Kier molecular flexibility index (Phi) is 4.12. The molecule has 3 fully saturated rings. The van der Waals surface area contributed by atoms with E-state index in [1.165, 1.54) is 7.11 Å². The van der Waals surface area contributed by atoms with Gasteiger partial charge in [-0.25, -0.2) is 9.97 Å². The Morgan fingerprint density at radius 2 is 2.04 bits per heavy atom. The van der Waals surface area contributed by atoms with Crippen LogP contribution in [0.25, 0.3) is 0 Å². The number of methoxy groups -OCH3 is 1. The molecule has 2 saturated heterocycles. The minimum Gasteiger partial charge on any atom is -0.469 e. The number of alkyl halides is 3. The number of aromatic nitrogens is 2. The fraction of sp³-hybridized carbons (Fsp3) is 0.643. The lowest BCUT2D eigenvalue weighted by Gasteiger charge is -2.53. The maximum Gasteiger partial charge on any atom is 0.433 e. The molecule has 3 aliphatic rings. The third-order valence-electron chi connectivity index (χ3n) is 4.66. The van der Waals surface area contributed by atoms with Gasteiger partial charge in [-0.05, 0) is 35.8 Å². The molecule has 9 heteroatoms. The van der Waals surface area contributed by atoms with E-state index in [2.05, 4.69) is 14.7 Å². The van der Waals surface area contributed by atoms with Gasteiger partial charge < -0.3 is 9.64 Å². The molecule has 0 radical (unpaired) electrons. The average Bonchev–Trinajstić information content (AvgIpc) is 2.50. The number of hydrogen-bond acceptors (Lipinski definition) is 5. The molecule has 1 aromatic heterocycles. The highest BCUT2D eigenvalue weighted by Crippen LogP contribution is 2.48. The number of fused-ring (bicyclic) bond motifs is 2. The summed E-state index contributed by atoms with van der Waals surface area (Å²) in [6, 6.07) is 0.923. The monoisotopic (exact) mass is 349 g/mol. The van der Waals surface area contributed by atoms with Gasteiger partial charge in [-0.2, -0.15) is 13.2 Å². The van der Waals surface area contributed by atoms with Crippen molar-refractivity contribution in [2.24, 2.45) is 17.8 Å². The van der Waals surface area contributed by atoms with Crippen molar-refractivity contribution in [2.45, 2.75) is 19.0 Å². The fourth-order valence-corrected chi connectivity index (χ4v) is 3.67. The first-order valence-electron chi connectivity index (χ1n) is 7.21. The second-order valence-corrected chi connectivity index (χ2v) is 6.32. The van der Waals surface area contributed by atoms with Crippen LogP contribution in [-0.2, 0) is 15.7 Å². The first kappa shape index (κ1) is 16.3. The number of nitrogens with zero attached hydrogens (tertiary/aromatic N) is 3. The summed E-state index contributed by atoms with van der Waals surface area (Å²) in [6.45, 7) is 1.12. The zero-order chi connectivity index (χ0) is 16.8. The molecule has 4 rings (SSSR count). The van der Waals surface area contributed by atoms with E-state index in [9.17, 15) is 18.0 Å². The number of ether oxygens (including phenoxy) is 1. The molecular weight excluding hydrogens is 335 g/mol. The summed E-state index contributed by atoms with van der Waals surface area (Å²) in [5.41, 5.74) is -1.04. The predicted octanol–water partition coefficient (Wildman–Crippen LogP) is 2.78. The summed E-state index contributed by atoms with van der Waals surface area (Å²) in [7, 11) is 1.35. The van der Waals surface area contributed by atoms with Gasteiger partial charge >= 0.3 is 12.1 Å². The first-order chi connectivity index (χ1) is 10.8. The van der Waals surface area contributed by atoms with E-state index >= 15 is 0 Å². The second kappa shape index (κ2) is 5.81. The van der Waals surface area contributed by atoms with E-state index < -0.39 is 17.2 Å². The van der Waals surface area contributed by atoms with Crippen molar-refractivity contribution in [1.29, 1.82) is 0 Å². The Labute approximate surface area is 135 Å². The number of esters is 1. The SMILES string of the molecule is COC(=O)CC1C2CC1CN(c1cc(C(F)(F)F)nc(Cl)n1)C2. The maximum absolute atomic E-state index is 12.8. The Bertz CT molecular complexity index is 614. The van der Waals surface area contributed by atoms with Gasteiger partial charge in [-0.15, -0.1) is 0 Å². The van der Waals surface area contributed by atoms with Crippen LogP contribution in [0.1, 0.15) is 18.5 Å². The Morgan fingerprint density at radius 1 is 1.39 bits per heavy atom. The van der Waals surface area contributed by atoms with Gasteiger partial charge in [-0.3, -0.25) is 4.79 Å². The van der Waals surface area contributed by atoms with Crippen molar-refractivity contribution in [3.8, 4) is 0 Å². The fourth-order valence-electron chi connectivity index (χ4n) is 3.50. The predicted molar refractivity (Wildman–Crippen MR) is 76.0 cm³/mol. The quantitative estimate of drug-likeness (QED) is 0.620. The lowest BCUT2D eigenvalue weighted by atomic mass is 9.60. The van der Waals surface area contributed by atoms with E-state index in [0.29, 0.717) is 19.5 Å². The summed E-state index contributed by atoms with van der Waals surface area (Å²) in [4.78, 5) is 20.3. The zero-order valence-electron chi connectivity index (χ0n) is 12.3. The standard InChI is InChI=1S/C14H15ClF3N3O2/c1-23-12(22)3-9-7-2-8(9)6-21(5-7)11-4-10(14(16,17)18)19-13(15)20-11/h4,7-9H,2-3,5-6H2,1H3. The van der Waals surface area contributed by atoms with Crippen LogP contribution in [0.2, 0.25) is 5.28 Å². The van der Waals surface area contributed by atoms with Crippen LogP contribution in [0.4, 0.5) is 19.0 Å². The zero-order valence-corrected chi connectivity index (χ0v) is 13.1. The number of halogens is 4. The number of carbonyl (C=O) groups is 1. The number of hydrogen-bond donors (Lipinski definition) is 0. The average molecular weight is 350 g/mol. The van der Waals surface area contributed by atoms with E-state index in [-0.39, 0.29) is 29.5 Å². The van der Waals surface area contributed by atoms with Crippen LogP contribution in [0, 0.1) is 17.8 Å². The van der Waals surface area contributed by atoms with Crippen LogP contribution < -0.4 is 4.90 Å². The lowest BCUT2D eigenvalue weighted by molar-refractivity contribution is -0.145. The molecule has 2 atom stereocenters. The van der Waals surface area contributed by atoms with Crippen LogP contribution in [0.15, 0.2) is 6.07 Å². The molecule has 0 aromatic carbocycles. The Hall–Kier alpha value is -1.57. The maximum atomic E-state index is 12.8. The number of anilines is 1. The van der Waals surface area contributed by atoms with Gasteiger partial charge in [-0.1, -0.05) is 0 Å². The van der Waals surface area contributed by atoms with Gasteiger partial charge in [0.05, 0.1) is 7.11 Å². The van der Waals surface area contributed by atoms with Gasteiger partial charge in [0, 0.05) is 25.6 Å². The van der Waals surface area contributed by atoms with Crippen LogP contribution in [0.3, 0.4) is 0 Å². The highest BCUT2D eigenvalue weighted by Gasteiger charge is 2.48. The van der Waals surface area contributed by atoms with E-state index in [0.717, 1.165) is 12.5 Å². The molecule has 2 aliphatic heterocycles. The molecule has 2 unspecified atom stereocenters. The first-order valence-corrected chi connectivity index (χ1v) is 7.59. The lowest BCUT2D eigenvalue weighted by Crippen LogP contribution is -2.56. The number of carbonyl (C=O) groups excluding carboxylic acids is 1. The smallest absolute Gasteiger partial charge is 0.433 e. The van der Waals surface area contributed by atoms with Crippen molar-refractivity contribution in [3.05, 3.63) is 17.0 Å². The third-order valence-corrected chi connectivity index (χ3v) is 4.83. The molecular formula is C14H15ClF3N3O2. The second-order valence-electron chi connectivity index (χ2n) is 5.98. The summed E-state index contributed by atoms with van der Waals surface area (Å²) < 4.78 is 43.2. The van der Waals surface area contributed by atoms with Gasteiger partial charge in [0.1, 0.15) is 5.82 Å². The van der Waals surface area contributed by atoms with Crippen molar-refractivity contribution in [3.63, 3.8) is 0 Å². The largest absolute Gasteiger partial charge is 0.469 e. The van der Waals surface area contributed by atoms with Crippen LogP contribution in [0.5, 0.6) is 0 Å². The minimum absolute atomic E-state index is 0.184.